The summed E-state index contributed by atoms with van der Waals surface area (Å²) >= 11 is 3.89. The monoisotopic (exact) mass is 845 g/mol. The van der Waals surface area contributed by atoms with Gasteiger partial charge in [-0.05, 0) is 95.0 Å². The second-order valence-corrected chi connectivity index (χ2v) is 17.8. The van der Waals surface area contributed by atoms with Gasteiger partial charge in [-0.15, -0.1) is 0 Å². The first-order chi connectivity index (χ1) is 29.5. The zero-order chi connectivity index (χ0) is 40.9. The van der Waals surface area contributed by atoms with E-state index in [1.54, 1.807) is 0 Å². The molecular formula is C57H54BrN2+. The highest BCUT2D eigenvalue weighted by Gasteiger charge is 2.51. The quantitative estimate of drug-likeness (QED) is 0.0781. The Morgan fingerprint density at radius 2 is 1.12 bits per heavy atom. The highest BCUT2D eigenvalue weighted by molar-refractivity contribution is 9.10. The van der Waals surface area contributed by atoms with Gasteiger partial charge in [-0.2, -0.15) is 4.58 Å². The minimum atomic E-state index is -0.319. The van der Waals surface area contributed by atoms with E-state index < -0.39 is 0 Å². The zero-order valence-electron chi connectivity index (χ0n) is 34.9. The van der Waals surface area contributed by atoms with Crippen molar-refractivity contribution in [3.8, 4) is 0 Å². The summed E-state index contributed by atoms with van der Waals surface area (Å²) in [5.41, 5.74) is 12.9. The fourth-order valence-corrected chi connectivity index (χ4v) is 10.8. The second-order valence-electron chi connectivity index (χ2n) is 16.9. The maximum Gasteiger partial charge on any atom is 0.209 e. The van der Waals surface area contributed by atoms with Crippen LogP contribution in [0, 0.1) is 0 Å². The number of fused-ring (bicyclic) bond motifs is 4. The van der Waals surface area contributed by atoms with Gasteiger partial charge in [0.1, 0.15) is 7.05 Å². The Morgan fingerprint density at radius 1 is 0.583 bits per heavy atom. The number of anilines is 1. The Labute approximate surface area is 365 Å². The van der Waals surface area contributed by atoms with Gasteiger partial charge in [-0.3, -0.25) is 0 Å². The molecule has 7 aromatic rings. The molecule has 2 aliphatic rings. The van der Waals surface area contributed by atoms with Crippen LogP contribution < -0.4 is 4.90 Å². The maximum absolute atomic E-state index is 3.89. The third-order valence-corrected chi connectivity index (χ3v) is 13.5. The van der Waals surface area contributed by atoms with E-state index in [2.05, 4.69) is 234 Å². The predicted molar refractivity (Wildman–Crippen MR) is 257 cm³/mol. The molecule has 0 amide bonds. The molecule has 0 aliphatic carbocycles. The molecule has 2 heterocycles. The van der Waals surface area contributed by atoms with Crippen LogP contribution in [0.2, 0.25) is 0 Å². The largest absolute Gasteiger partial charge is 0.344 e. The van der Waals surface area contributed by atoms with E-state index in [9.17, 15) is 0 Å². The lowest BCUT2D eigenvalue weighted by atomic mass is 9.68. The van der Waals surface area contributed by atoms with Gasteiger partial charge in [0.15, 0.2) is 5.71 Å². The molecule has 3 heteroatoms. The summed E-state index contributed by atoms with van der Waals surface area (Å²) < 4.78 is 3.57. The van der Waals surface area contributed by atoms with Gasteiger partial charge in [0.2, 0.25) is 5.69 Å². The highest BCUT2D eigenvalue weighted by atomic mass is 79.9. The molecule has 2 aliphatic heterocycles. The van der Waals surface area contributed by atoms with E-state index >= 15 is 0 Å². The molecule has 0 spiro atoms. The zero-order valence-corrected chi connectivity index (χ0v) is 36.5. The first-order valence-corrected chi connectivity index (χ1v) is 22.5. The fraction of sp³-hybridized carbons (Fsp3) is 0.211. The molecule has 298 valence electrons. The summed E-state index contributed by atoms with van der Waals surface area (Å²) in [6.45, 7) is 3.29. The highest BCUT2D eigenvalue weighted by Crippen LogP contribution is 2.55. The minimum absolute atomic E-state index is 0.299. The lowest BCUT2D eigenvalue weighted by molar-refractivity contribution is -0.401. The van der Waals surface area contributed by atoms with Crippen LogP contribution in [0.5, 0.6) is 0 Å². The van der Waals surface area contributed by atoms with Crippen molar-refractivity contribution in [3.63, 3.8) is 0 Å². The van der Waals surface area contributed by atoms with Gasteiger partial charge >= 0.3 is 0 Å². The molecule has 0 aromatic heterocycles. The molecule has 0 radical (unpaired) electrons. The van der Waals surface area contributed by atoms with Crippen molar-refractivity contribution in [2.24, 2.45) is 0 Å². The van der Waals surface area contributed by atoms with Crippen LogP contribution in [0.1, 0.15) is 59.6 Å². The average Bonchev–Trinajstić information content (AvgIpc) is 3.65. The van der Waals surface area contributed by atoms with Crippen LogP contribution >= 0.6 is 15.9 Å². The van der Waals surface area contributed by atoms with E-state index in [0.717, 1.165) is 43.1 Å². The lowest BCUT2D eigenvalue weighted by Crippen LogP contribution is -2.39. The number of hydrogen-bond donors (Lipinski definition) is 0. The van der Waals surface area contributed by atoms with Crippen molar-refractivity contribution in [1.82, 2.24) is 0 Å². The van der Waals surface area contributed by atoms with Gasteiger partial charge in [0.25, 0.3) is 0 Å². The number of nitrogens with zero attached hydrogens (tertiary/aromatic N) is 2. The molecule has 0 fully saturated rings. The van der Waals surface area contributed by atoms with Crippen molar-refractivity contribution >= 4 is 43.8 Å². The van der Waals surface area contributed by atoms with Gasteiger partial charge in [-0.1, -0.05) is 193 Å². The summed E-state index contributed by atoms with van der Waals surface area (Å²) in [5, 5.41) is 2.65. The Hall–Kier alpha value is -5.77. The fourth-order valence-electron chi connectivity index (χ4n) is 10.4. The van der Waals surface area contributed by atoms with E-state index in [-0.39, 0.29) is 10.8 Å². The first-order valence-electron chi connectivity index (χ1n) is 21.7. The molecule has 9 rings (SSSR count). The number of unbranched alkanes of at least 4 members (excludes halogenated alkanes) is 2. The van der Waals surface area contributed by atoms with Crippen LogP contribution in [0.3, 0.4) is 0 Å². The van der Waals surface area contributed by atoms with Crippen LogP contribution in [0.25, 0.3) is 10.8 Å². The van der Waals surface area contributed by atoms with Gasteiger partial charge in [0.05, 0.1) is 5.41 Å². The van der Waals surface area contributed by atoms with Crippen molar-refractivity contribution < 1.29 is 4.58 Å². The average molecular weight is 847 g/mol. The van der Waals surface area contributed by atoms with E-state index in [0.29, 0.717) is 0 Å². The molecule has 0 atom stereocenters. The van der Waals surface area contributed by atoms with Crippen LogP contribution in [0.15, 0.2) is 204 Å². The van der Waals surface area contributed by atoms with Gasteiger partial charge in [-0.25, -0.2) is 0 Å². The van der Waals surface area contributed by atoms with Crippen LogP contribution in [0.4, 0.5) is 11.4 Å². The SMILES string of the molecule is CCCCCN1C(=CC=CC2=[N+](C)c3ccc(Br)cc3C2(Cc2ccccc2)Cc2ccccc2)C(Cc2ccccc2)(Cc2ccccc2)c2c1ccc1ccccc21. The van der Waals surface area contributed by atoms with E-state index in [1.807, 2.05) is 0 Å². The summed E-state index contributed by atoms with van der Waals surface area (Å²) in [4.78, 5) is 2.70. The number of hydrogen-bond acceptors (Lipinski definition) is 1. The van der Waals surface area contributed by atoms with Gasteiger partial charge < -0.3 is 4.90 Å². The summed E-state index contributed by atoms with van der Waals surface area (Å²) in [7, 11) is 2.26. The third-order valence-electron chi connectivity index (χ3n) is 13.0. The third kappa shape index (κ3) is 7.61. The Bertz CT molecular complexity index is 2600. The lowest BCUT2D eigenvalue weighted by Gasteiger charge is -2.35. The molecule has 0 saturated carbocycles. The Morgan fingerprint density at radius 3 is 1.68 bits per heavy atom. The number of allylic oxidation sites excluding steroid dienone is 4. The van der Waals surface area contributed by atoms with Crippen molar-refractivity contribution in [2.45, 2.75) is 62.7 Å². The second kappa shape index (κ2) is 17.4. The summed E-state index contributed by atoms with van der Waals surface area (Å²) in [5.74, 6) is 0. The van der Waals surface area contributed by atoms with Crippen molar-refractivity contribution in [3.05, 3.63) is 238 Å². The molecule has 60 heavy (non-hydrogen) atoms. The van der Waals surface area contributed by atoms with E-state index in [1.165, 1.54) is 79.8 Å². The first kappa shape index (κ1) is 39.7. The topological polar surface area (TPSA) is 6.25 Å². The number of halogens is 1. The summed E-state index contributed by atoms with van der Waals surface area (Å²) in [6, 6.07) is 65.2. The Balaban J connectivity index is 1.27. The van der Waals surface area contributed by atoms with Gasteiger partial charge in [0, 0.05) is 45.5 Å². The van der Waals surface area contributed by atoms with Crippen molar-refractivity contribution in [2.75, 3.05) is 18.5 Å². The smallest absolute Gasteiger partial charge is 0.209 e. The molecular weight excluding hydrogens is 793 g/mol. The molecule has 0 saturated heterocycles. The van der Waals surface area contributed by atoms with E-state index in [4.69, 9.17) is 0 Å². The maximum atomic E-state index is 3.89. The normalized spacial score (nSPS) is 15.9. The number of rotatable bonds is 14. The standard InChI is InChI=1S/C57H54BrN2/c1-3-4-19-37-60-52-35-33-47-29-17-18-30-49(47)55(52)57(41-45-25-13-7-14-26-45,42-46-27-15-8-16-28-46)54(60)32-20-31-53-56(39-43-21-9-5-10-22-43,40-44-23-11-6-12-24-44)50-38-48(58)34-36-51(50)59(53)2/h5-18,20-36,38H,3-4,19,37,39-42H2,1-2H3/q+1. The molecule has 2 nitrogen and oxygen atoms in total. The van der Waals surface area contributed by atoms with Crippen LogP contribution in [-0.4, -0.2) is 23.9 Å². The minimum Gasteiger partial charge on any atom is -0.344 e. The predicted octanol–water partition coefficient (Wildman–Crippen LogP) is 13.9. The molecule has 7 aromatic carbocycles. The molecule has 0 bridgehead atoms. The van der Waals surface area contributed by atoms with Crippen LogP contribution in [-0.2, 0) is 36.5 Å². The number of benzene rings is 7. The molecule has 0 unspecified atom stereocenters. The molecule has 0 N–H and O–H groups in total. The van der Waals surface area contributed by atoms with Crippen molar-refractivity contribution in [1.29, 1.82) is 0 Å². The summed E-state index contributed by atoms with van der Waals surface area (Å²) in [6.07, 6.45) is 14.4. The Kier molecular flexibility index (Phi) is 11.5.